The molecule has 0 aromatic heterocycles. The number of hydrogen-bond acceptors (Lipinski definition) is 2. The zero-order valence-electron chi connectivity index (χ0n) is 26.6. The van der Waals surface area contributed by atoms with E-state index in [0.717, 1.165) is 43.6 Å². The van der Waals surface area contributed by atoms with Gasteiger partial charge in [0, 0.05) is 23.2 Å². The van der Waals surface area contributed by atoms with Crippen LogP contribution in [0.5, 0.6) is 0 Å². The maximum atomic E-state index is 9.83. The van der Waals surface area contributed by atoms with Gasteiger partial charge in [0.25, 0.3) is 0 Å². The monoisotopic (exact) mass is 530 g/mol. The summed E-state index contributed by atoms with van der Waals surface area (Å²) in [6.07, 6.45) is 17.3. The molecule has 0 radical (unpaired) electrons. The number of para-hydroxylation sites is 1. The van der Waals surface area contributed by atoms with Crippen molar-refractivity contribution in [1.82, 2.24) is 5.32 Å². The Morgan fingerprint density at radius 2 is 1.72 bits per heavy atom. The number of nitrogens with zero attached hydrogens (tertiary/aromatic N) is 1. The first-order valence-electron chi connectivity index (χ1n) is 14.7. The summed E-state index contributed by atoms with van der Waals surface area (Å²) in [6, 6.07) is 11.0. The number of hydrogen-bond donors (Lipinski definition) is 2. The highest BCUT2D eigenvalue weighted by atomic mass is 14.9. The molecular weight excluding hydrogens is 474 g/mol. The molecule has 1 aromatic carbocycles. The smallest absolute Gasteiger partial charge is 0.133 e. The lowest BCUT2D eigenvalue weighted by Gasteiger charge is -2.30. The predicted octanol–water partition coefficient (Wildman–Crippen LogP) is 8.98. The highest BCUT2D eigenvalue weighted by Gasteiger charge is 2.26. The minimum atomic E-state index is -0.292. The van der Waals surface area contributed by atoms with Crippen LogP contribution in [-0.2, 0) is 5.41 Å². The van der Waals surface area contributed by atoms with Gasteiger partial charge in [-0.2, -0.15) is 5.26 Å². The summed E-state index contributed by atoms with van der Waals surface area (Å²) in [6.45, 7) is 27.7. The molecule has 0 saturated heterocycles. The molecule has 1 aromatic rings. The first-order chi connectivity index (χ1) is 18.5. The lowest BCUT2D eigenvalue weighted by Crippen LogP contribution is -2.78. The van der Waals surface area contributed by atoms with Crippen LogP contribution in [0.1, 0.15) is 94.1 Å². The van der Waals surface area contributed by atoms with Crippen molar-refractivity contribution < 1.29 is 5.32 Å². The second-order valence-electron chi connectivity index (χ2n) is 10.8. The molecule has 0 unspecified atom stereocenters. The summed E-state index contributed by atoms with van der Waals surface area (Å²) in [5.41, 5.74) is 6.24. The van der Waals surface area contributed by atoms with Crippen LogP contribution in [-0.4, -0.2) is 13.1 Å². The molecule has 0 aliphatic carbocycles. The summed E-state index contributed by atoms with van der Waals surface area (Å²) in [5, 5.41) is 15.7. The Balaban J connectivity index is 0.00000704. The van der Waals surface area contributed by atoms with Crippen LogP contribution >= 0.6 is 0 Å². The molecule has 1 rings (SSSR count). The molecule has 0 heterocycles. The quantitative estimate of drug-likeness (QED) is 0.135. The third-order valence-electron chi connectivity index (χ3n) is 6.70. The highest BCUT2D eigenvalue weighted by Crippen LogP contribution is 2.34. The predicted molar refractivity (Wildman–Crippen MR) is 173 cm³/mol. The van der Waals surface area contributed by atoms with E-state index in [-0.39, 0.29) is 10.8 Å². The molecule has 0 atom stereocenters. The van der Waals surface area contributed by atoms with Crippen molar-refractivity contribution in [2.45, 2.75) is 93.9 Å². The van der Waals surface area contributed by atoms with Crippen LogP contribution in [0, 0.1) is 16.7 Å². The van der Waals surface area contributed by atoms with Gasteiger partial charge in [0.15, 0.2) is 0 Å². The maximum absolute atomic E-state index is 9.83. The number of nitrogens with one attached hydrogen (secondary N) is 1. The van der Waals surface area contributed by atoms with Gasteiger partial charge in [-0.05, 0) is 68.4 Å². The molecule has 0 saturated carbocycles. The Hall–Kier alpha value is -3.09. The molecule has 214 valence electrons. The second kappa shape index (κ2) is 19.0. The Kier molecular flexibility index (Phi) is 17.5. The summed E-state index contributed by atoms with van der Waals surface area (Å²) in [7, 11) is 0. The normalized spacial score (nSPS) is 13.3. The number of quaternary nitrogens is 1. The van der Waals surface area contributed by atoms with Gasteiger partial charge in [0.05, 0.1) is 18.2 Å². The molecule has 0 bridgehead atoms. The maximum Gasteiger partial charge on any atom is 0.133 e. The fourth-order valence-corrected chi connectivity index (χ4v) is 4.17. The van der Waals surface area contributed by atoms with Gasteiger partial charge >= 0.3 is 0 Å². The number of nitrogens with two attached hydrogens (primary N) is 1. The summed E-state index contributed by atoms with van der Waals surface area (Å²) >= 11 is 0. The van der Waals surface area contributed by atoms with Crippen molar-refractivity contribution in [3.8, 4) is 6.07 Å². The van der Waals surface area contributed by atoms with E-state index in [9.17, 15) is 5.26 Å². The Morgan fingerprint density at radius 1 is 1.05 bits per heavy atom. The van der Waals surface area contributed by atoms with Gasteiger partial charge in [-0.1, -0.05) is 110 Å². The van der Waals surface area contributed by atoms with Crippen LogP contribution in [0.4, 0.5) is 5.69 Å². The molecule has 0 spiro atoms. The van der Waals surface area contributed by atoms with Crippen molar-refractivity contribution in [2.75, 3.05) is 13.1 Å². The van der Waals surface area contributed by atoms with Crippen molar-refractivity contribution in [1.29, 1.82) is 5.26 Å². The van der Waals surface area contributed by atoms with E-state index in [2.05, 4.69) is 114 Å². The van der Waals surface area contributed by atoms with E-state index in [4.69, 9.17) is 0 Å². The molecule has 0 aliphatic heterocycles. The van der Waals surface area contributed by atoms with Crippen molar-refractivity contribution in [2.24, 2.45) is 5.41 Å². The van der Waals surface area contributed by atoms with Gasteiger partial charge < -0.3 is 10.6 Å². The third kappa shape index (κ3) is 12.5. The largest absolute Gasteiger partial charge is 0.388 e. The molecule has 0 amide bonds. The minimum Gasteiger partial charge on any atom is -0.388 e. The zero-order valence-corrected chi connectivity index (χ0v) is 26.6. The van der Waals surface area contributed by atoms with Crippen LogP contribution in [0.3, 0.4) is 0 Å². The van der Waals surface area contributed by atoms with Gasteiger partial charge in [-0.25, -0.2) is 0 Å². The summed E-state index contributed by atoms with van der Waals surface area (Å²) in [5.74, 6) is 0. The van der Waals surface area contributed by atoms with E-state index >= 15 is 0 Å². The Morgan fingerprint density at radius 3 is 2.31 bits per heavy atom. The highest BCUT2D eigenvalue weighted by molar-refractivity contribution is 5.45. The standard InChI is InChI=1S/C34H49N3.C2H6/c1-10-16-27(4)25-28(5)34(8,9)32(37-24-12-3)21-20-29(26-35)17-15-22-33(6,7)30-18-13-14-19-31(30)36-23-11-2;1-2/h10,13-21,25,36-37H,5,11-12,22-24H2,1-4,6-9H3;1-2H3/p+1/b16-10-,17-15+,27-25-,29-20-,32-21+;. The van der Waals surface area contributed by atoms with Crippen LogP contribution in [0.25, 0.3) is 0 Å². The molecule has 0 aliphatic rings. The third-order valence-corrected chi connectivity index (χ3v) is 6.70. The molecule has 3 heteroatoms. The first kappa shape index (κ1) is 35.9. The fourth-order valence-electron chi connectivity index (χ4n) is 4.17. The van der Waals surface area contributed by atoms with E-state index in [0.29, 0.717) is 5.57 Å². The van der Waals surface area contributed by atoms with Crippen LogP contribution < -0.4 is 10.6 Å². The van der Waals surface area contributed by atoms with E-state index < -0.39 is 0 Å². The van der Waals surface area contributed by atoms with Crippen molar-refractivity contribution in [3.05, 3.63) is 101 Å². The lowest BCUT2D eigenvalue weighted by atomic mass is 9.80. The Bertz CT molecular complexity index is 1070. The SMILES string of the molecule is C=C(/C=C(C)\C=C/C)C(C)(C)\C(=C/C=C(C#N)/C=C/CC(C)(C)c1ccccc1[NH2+]CCC)NCCC.CC. The van der Waals surface area contributed by atoms with E-state index in [1.165, 1.54) is 16.8 Å². The first-order valence-corrected chi connectivity index (χ1v) is 14.7. The molecule has 3 N–H and O–H groups in total. The fraction of sp³-hybridized carbons (Fsp3) is 0.472. The molecule has 0 fully saturated rings. The zero-order chi connectivity index (χ0) is 29.9. The van der Waals surface area contributed by atoms with Gasteiger partial charge in [-0.3, -0.25) is 0 Å². The van der Waals surface area contributed by atoms with Gasteiger partial charge in [0.1, 0.15) is 5.69 Å². The molecule has 39 heavy (non-hydrogen) atoms. The van der Waals surface area contributed by atoms with Crippen molar-refractivity contribution >= 4 is 5.69 Å². The summed E-state index contributed by atoms with van der Waals surface area (Å²) in [4.78, 5) is 0. The van der Waals surface area contributed by atoms with E-state index in [1.54, 1.807) is 0 Å². The van der Waals surface area contributed by atoms with Gasteiger partial charge in [0.2, 0.25) is 0 Å². The summed E-state index contributed by atoms with van der Waals surface area (Å²) < 4.78 is 0. The average molecular weight is 531 g/mol. The number of allylic oxidation sites excluding steroid dienone is 10. The number of nitriles is 1. The van der Waals surface area contributed by atoms with Gasteiger partial charge in [-0.15, -0.1) is 0 Å². The topological polar surface area (TPSA) is 52.4 Å². The number of rotatable bonds is 15. The molecular formula is C36H56N3+. The molecule has 3 nitrogen and oxygen atoms in total. The van der Waals surface area contributed by atoms with Crippen LogP contribution in [0.15, 0.2) is 95.8 Å². The average Bonchev–Trinajstić information content (AvgIpc) is 2.91. The minimum absolute atomic E-state index is 0.0293. The second-order valence-corrected chi connectivity index (χ2v) is 10.8. The van der Waals surface area contributed by atoms with Crippen LogP contribution in [0.2, 0.25) is 0 Å². The van der Waals surface area contributed by atoms with E-state index in [1.807, 2.05) is 45.1 Å². The Labute approximate surface area is 241 Å². The lowest BCUT2D eigenvalue weighted by molar-refractivity contribution is -0.572. The number of benzene rings is 1. The van der Waals surface area contributed by atoms with Crippen molar-refractivity contribution in [3.63, 3.8) is 0 Å².